The van der Waals surface area contributed by atoms with E-state index in [0.717, 1.165) is 0 Å². The summed E-state index contributed by atoms with van der Waals surface area (Å²) in [4.78, 5) is 15.7. The summed E-state index contributed by atoms with van der Waals surface area (Å²) in [6, 6.07) is 2.64. The Bertz CT molecular complexity index is 559. The van der Waals surface area contributed by atoms with Gasteiger partial charge < -0.3 is 11.1 Å². The molecule has 2 aromatic rings. The lowest BCUT2D eigenvalue weighted by Gasteiger charge is -2.07. The summed E-state index contributed by atoms with van der Waals surface area (Å²) in [7, 11) is 0. The molecule has 0 atom stereocenters. The van der Waals surface area contributed by atoms with Crippen molar-refractivity contribution in [2.45, 2.75) is 13.3 Å². The average Bonchev–Trinajstić information content (AvgIpc) is 2.88. The van der Waals surface area contributed by atoms with E-state index in [-0.39, 0.29) is 17.2 Å². The Kier molecular flexibility index (Phi) is 3.74. The highest BCUT2D eigenvalue weighted by Gasteiger charge is 2.10. The number of H-pyrrole nitrogens is 1. The third-order valence-electron chi connectivity index (χ3n) is 2.76. The molecule has 1 aromatic heterocycles. The van der Waals surface area contributed by atoms with Gasteiger partial charge in [-0.1, -0.05) is 0 Å². The van der Waals surface area contributed by atoms with E-state index in [1.807, 2.05) is 0 Å². The van der Waals surface area contributed by atoms with Crippen LogP contribution in [0.4, 0.5) is 10.1 Å². The predicted octanol–water partition coefficient (Wildman–Crippen LogP) is 0.807. The van der Waals surface area contributed by atoms with Crippen molar-refractivity contribution in [1.82, 2.24) is 20.5 Å². The second kappa shape index (κ2) is 5.47. The van der Waals surface area contributed by atoms with Gasteiger partial charge in [-0.3, -0.25) is 9.89 Å². The predicted molar refractivity (Wildman–Crippen MR) is 68.0 cm³/mol. The Labute approximate surface area is 109 Å². The molecule has 100 valence electrons. The number of nitrogens with zero attached hydrogens (tertiary/aromatic N) is 2. The number of carbonyl (C=O) groups is 1. The zero-order chi connectivity index (χ0) is 13.8. The third kappa shape index (κ3) is 3.06. The van der Waals surface area contributed by atoms with Crippen molar-refractivity contribution in [2.24, 2.45) is 0 Å². The van der Waals surface area contributed by atoms with E-state index < -0.39 is 5.82 Å². The zero-order valence-corrected chi connectivity index (χ0v) is 10.4. The quantitative estimate of drug-likeness (QED) is 0.711. The molecular formula is C12H14FN5O. The van der Waals surface area contributed by atoms with Crippen LogP contribution < -0.4 is 11.1 Å². The van der Waals surface area contributed by atoms with Gasteiger partial charge in [0.05, 0.1) is 0 Å². The normalized spacial score (nSPS) is 10.4. The van der Waals surface area contributed by atoms with Crippen molar-refractivity contribution in [3.05, 3.63) is 41.2 Å². The monoisotopic (exact) mass is 263 g/mol. The van der Waals surface area contributed by atoms with E-state index in [9.17, 15) is 9.18 Å². The molecule has 0 saturated heterocycles. The summed E-state index contributed by atoms with van der Waals surface area (Å²) in [5.74, 6) is -0.180. The third-order valence-corrected chi connectivity index (χ3v) is 2.76. The van der Waals surface area contributed by atoms with E-state index in [1.54, 1.807) is 6.92 Å². The topological polar surface area (TPSA) is 96.7 Å². The second-order valence-corrected chi connectivity index (χ2v) is 4.11. The Morgan fingerprint density at radius 2 is 2.32 bits per heavy atom. The van der Waals surface area contributed by atoms with Gasteiger partial charge in [-0.25, -0.2) is 9.37 Å². The lowest BCUT2D eigenvalue weighted by Crippen LogP contribution is -2.26. The number of nitrogens with two attached hydrogens (primary N) is 1. The maximum absolute atomic E-state index is 13.5. The van der Waals surface area contributed by atoms with Crippen LogP contribution in [-0.2, 0) is 6.42 Å². The number of amides is 1. The molecule has 0 saturated carbocycles. The van der Waals surface area contributed by atoms with Gasteiger partial charge in [0.15, 0.2) is 0 Å². The number of rotatable bonds is 4. The minimum absolute atomic E-state index is 0.207. The van der Waals surface area contributed by atoms with Crippen molar-refractivity contribution in [2.75, 3.05) is 12.3 Å². The zero-order valence-electron chi connectivity index (χ0n) is 10.4. The molecule has 4 N–H and O–H groups in total. The maximum atomic E-state index is 13.5. The molecule has 1 heterocycles. The molecule has 0 bridgehead atoms. The van der Waals surface area contributed by atoms with E-state index in [2.05, 4.69) is 20.5 Å². The minimum atomic E-state index is -0.486. The van der Waals surface area contributed by atoms with Crippen LogP contribution in [0.2, 0.25) is 0 Å². The van der Waals surface area contributed by atoms with Crippen molar-refractivity contribution in [1.29, 1.82) is 0 Å². The number of aromatic nitrogens is 3. The van der Waals surface area contributed by atoms with Gasteiger partial charge >= 0.3 is 0 Å². The lowest BCUT2D eigenvalue weighted by molar-refractivity contribution is 0.0953. The highest BCUT2D eigenvalue weighted by molar-refractivity contribution is 5.95. The number of nitrogens with one attached hydrogen (secondary N) is 2. The number of carbonyl (C=O) groups excluding carboxylic acids is 1. The Morgan fingerprint density at radius 1 is 1.53 bits per heavy atom. The van der Waals surface area contributed by atoms with Crippen LogP contribution in [0.15, 0.2) is 18.5 Å². The van der Waals surface area contributed by atoms with Crippen LogP contribution in [0.25, 0.3) is 0 Å². The first-order valence-corrected chi connectivity index (χ1v) is 5.76. The first-order valence-electron chi connectivity index (χ1n) is 5.76. The first-order chi connectivity index (χ1) is 9.08. The number of aromatic amines is 1. The molecule has 0 aliphatic rings. The fourth-order valence-corrected chi connectivity index (χ4v) is 1.58. The summed E-state index contributed by atoms with van der Waals surface area (Å²) in [6.45, 7) is 1.94. The highest BCUT2D eigenvalue weighted by Crippen LogP contribution is 2.17. The number of halogens is 1. The molecule has 0 fully saturated rings. The number of anilines is 1. The van der Waals surface area contributed by atoms with Gasteiger partial charge in [0, 0.05) is 29.8 Å². The molecule has 0 spiro atoms. The lowest BCUT2D eigenvalue weighted by atomic mass is 10.1. The number of benzene rings is 1. The molecule has 0 unspecified atom stereocenters. The SMILES string of the molecule is Cc1c(N)cc(C(=O)NCCc2ncn[nH]2)cc1F. The molecule has 6 nitrogen and oxygen atoms in total. The van der Waals surface area contributed by atoms with Gasteiger partial charge in [-0.15, -0.1) is 0 Å². The van der Waals surface area contributed by atoms with E-state index in [1.165, 1.54) is 18.5 Å². The van der Waals surface area contributed by atoms with Crippen LogP contribution >= 0.6 is 0 Å². The molecular weight excluding hydrogens is 249 g/mol. The second-order valence-electron chi connectivity index (χ2n) is 4.11. The van der Waals surface area contributed by atoms with Crippen LogP contribution in [-0.4, -0.2) is 27.6 Å². The number of hydrogen-bond donors (Lipinski definition) is 3. The van der Waals surface area contributed by atoms with Crippen LogP contribution in [0.1, 0.15) is 21.7 Å². The van der Waals surface area contributed by atoms with Crippen molar-refractivity contribution >= 4 is 11.6 Å². The average molecular weight is 263 g/mol. The van der Waals surface area contributed by atoms with Gasteiger partial charge in [-0.2, -0.15) is 5.10 Å². The summed E-state index contributed by atoms with van der Waals surface area (Å²) < 4.78 is 13.5. The molecule has 1 aromatic carbocycles. The summed E-state index contributed by atoms with van der Waals surface area (Å²) in [6.07, 6.45) is 1.92. The molecule has 1 amide bonds. The Hall–Kier alpha value is -2.44. The van der Waals surface area contributed by atoms with Gasteiger partial charge in [0.2, 0.25) is 0 Å². The molecule has 7 heteroatoms. The summed E-state index contributed by atoms with van der Waals surface area (Å²) in [5.41, 5.74) is 6.44. The van der Waals surface area contributed by atoms with Crippen LogP contribution in [0.3, 0.4) is 0 Å². The van der Waals surface area contributed by atoms with Crippen molar-refractivity contribution in [3.8, 4) is 0 Å². The molecule has 2 rings (SSSR count). The minimum Gasteiger partial charge on any atom is -0.398 e. The number of hydrogen-bond acceptors (Lipinski definition) is 4. The molecule has 0 aliphatic carbocycles. The van der Waals surface area contributed by atoms with E-state index in [0.29, 0.717) is 24.4 Å². The number of nitrogen functional groups attached to an aromatic ring is 1. The fraction of sp³-hybridized carbons (Fsp3) is 0.250. The van der Waals surface area contributed by atoms with E-state index >= 15 is 0 Å². The smallest absolute Gasteiger partial charge is 0.251 e. The van der Waals surface area contributed by atoms with Crippen molar-refractivity contribution < 1.29 is 9.18 Å². The summed E-state index contributed by atoms with van der Waals surface area (Å²) in [5, 5.41) is 9.04. The molecule has 0 radical (unpaired) electrons. The molecule has 19 heavy (non-hydrogen) atoms. The van der Waals surface area contributed by atoms with E-state index in [4.69, 9.17) is 5.73 Å². The van der Waals surface area contributed by atoms with Crippen LogP contribution in [0.5, 0.6) is 0 Å². The van der Waals surface area contributed by atoms with Crippen molar-refractivity contribution in [3.63, 3.8) is 0 Å². The Balaban J connectivity index is 1.96. The maximum Gasteiger partial charge on any atom is 0.251 e. The van der Waals surface area contributed by atoms with Gasteiger partial charge in [0.25, 0.3) is 5.91 Å². The Morgan fingerprint density at radius 3 is 2.95 bits per heavy atom. The van der Waals surface area contributed by atoms with Gasteiger partial charge in [-0.05, 0) is 19.1 Å². The first kappa shape index (κ1) is 13.0. The van der Waals surface area contributed by atoms with Gasteiger partial charge in [0.1, 0.15) is 18.0 Å². The molecule has 0 aliphatic heterocycles. The fourth-order valence-electron chi connectivity index (χ4n) is 1.58. The standard InChI is InChI=1S/C12H14FN5O/c1-7-9(13)4-8(5-10(7)14)12(19)15-3-2-11-16-6-17-18-11/h4-6H,2-3,14H2,1H3,(H,15,19)(H,16,17,18). The van der Waals surface area contributed by atoms with Crippen LogP contribution in [0, 0.1) is 12.7 Å². The summed E-state index contributed by atoms with van der Waals surface area (Å²) >= 11 is 0. The largest absolute Gasteiger partial charge is 0.398 e. The highest BCUT2D eigenvalue weighted by atomic mass is 19.1.